The highest BCUT2D eigenvalue weighted by molar-refractivity contribution is 6.35. The Labute approximate surface area is 208 Å². The van der Waals surface area contributed by atoms with Crippen molar-refractivity contribution in [3.63, 3.8) is 0 Å². The zero-order valence-electron chi connectivity index (χ0n) is 19.3. The van der Waals surface area contributed by atoms with Crippen molar-refractivity contribution in [3.8, 4) is 11.5 Å². The maximum atomic E-state index is 13.1. The van der Waals surface area contributed by atoms with Crippen molar-refractivity contribution in [1.29, 1.82) is 0 Å². The van der Waals surface area contributed by atoms with Gasteiger partial charge in [0.2, 0.25) is 11.7 Å². The average Bonchev–Trinajstić information content (AvgIpc) is 2.81. The molecule has 184 valence electrons. The van der Waals surface area contributed by atoms with Crippen molar-refractivity contribution < 1.29 is 24.0 Å². The first-order chi connectivity index (χ1) is 16.1. The number of nitrogens with zero attached hydrogens (tertiary/aromatic N) is 2. The molecule has 0 aliphatic heterocycles. The fourth-order valence-corrected chi connectivity index (χ4v) is 3.48. The van der Waals surface area contributed by atoms with Crippen LogP contribution in [-0.4, -0.2) is 47.4 Å². The molecule has 0 heterocycles. The molecule has 0 spiro atoms. The van der Waals surface area contributed by atoms with E-state index in [0.717, 1.165) is 6.42 Å². The maximum Gasteiger partial charge on any atom is 0.311 e. The van der Waals surface area contributed by atoms with E-state index in [9.17, 15) is 19.7 Å². The van der Waals surface area contributed by atoms with Crippen molar-refractivity contribution in [3.05, 3.63) is 62.1 Å². The van der Waals surface area contributed by atoms with Gasteiger partial charge in [-0.25, -0.2) is 0 Å². The van der Waals surface area contributed by atoms with Crippen molar-refractivity contribution in [1.82, 2.24) is 10.2 Å². The fraction of sp³-hybridized carbons (Fsp3) is 0.391. The predicted molar refractivity (Wildman–Crippen MR) is 130 cm³/mol. The molecular weight excluding hydrogens is 485 g/mol. The molecule has 0 saturated heterocycles. The molecule has 9 nitrogen and oxygen atoms in total. The molecule has 0 saturated carbocycles. The van der Waals surface area contributed by atoms with E-state index in [1.54, 1.807) is 25.1 Å². The summed E-state index contributed by atoms with van der Waals surface area (Å²) in [5.41, 5.74) is 0.384. The lowest BCUT2D eigenvalue weighted by Gasteiger charge is -2.30. The van der Waals surface area contributed by atoms with Crippen LogP contribution < -0.4 is 14.8 Å². The third-order valence-corrected chi connectivity index (χ3v) is 5.82. The molecule has 2 aromatic carbocycles. The molecule has 2 rings (SSSR count). The van der Waals surface area contributed by atoms with E-state index < -0.39 is 23.5 Å². The van der Waals surface area contributed by atoms with Gasteiger partial charge in [-0.3, -0.25) is 19.7 Å². The molecule has 0 unspecified atom stereocenters. The summed E-state index contributed by atoms with van der Waals surface area (Å²) in [6.07, 6.45) is 0.737. The van der Waals surface area contributed by atoms with Crippen LogP contribution >= 0.6 is 23.2 Å². The van der Waals surface area contributed by atoms with Gasteiger partial charge in [-0.1, -0.05) is 36.2 Å². The van der Waals surface area contributed by atoms with E-state index in [1.807, 2.05) is 13.8 Å². The maximum absolute atomic E-state index is 13.1. The normalized spacial score (nSPS) is 12.4. The molecule has 11 heteroatoms. The zero-order valence-corrected chi connectivity index (χ0v) is 20.9. The minimum absolute atomic E-state index is 0.000972. The Kier molecular flexibility index (Phi) is 9.95. The summed E-state index contributed by atoms with van der Waals surface area (Å²) in [4.78, 5) is 37.8. The van der Waals surface area contributed by atoms with Gasteiger partial charge < -0.3 is 19.7 Å². The van der Waals surface area contributed by atoms with Crippen LogP contribution in [0.3, 0.4) is 0 Å². The molecule has 34 heavy (non-hydrogen) atoms. The van der Waals surface area contributed by atoms with Crippen molar-refractivity contribution in [2.75, 3.05) is 13.7 Å². The summed E-state index contributed by atoms with van der Waals surface area (Å²) in [5, 5.41) is 14.8. The van der Waals surface area contributed by atoms with Crippen LogP contribution in [0.4, 0.5) is 5.69 Å². The Bertz CT molecular complexity index is 1050. The second-order valence-electron chi connectivity index (χ2n) is 7.63. The number of carbonyl (C=O) groups is 2. The number of nitro groups is 1. The van der Waals surface area contributed by atoms with Gasteiger partial charge in [-0.05, 0) is 44.0 Å². The van der Waals surface area contributed by atoms with E-state index in [2.05, 4.69) is 5.32 Å². The van der Waals surface area contributed by atoms with Gasteiger partial charge in [0.05, 0.1) is 12.0 Å². The van der Waals surface area contributed by atoms with Crippen LogP contribution in [0.15, 0.2) is 36.4 Å². The van der Waals surface area contributed by atoms with Gasteiger partial charge in [-0.2, -0.15) is 0 Å². The van der Waals surface area contributed by atoms with Crippen LogP contribution in [0.2, 0.25) is 10.0 Å². The summed E-state index contributed by atoms with van der Waals surface area (Å²) in [5.74, 6) is -0.585. The summed E-state index contributed by atoms with van der Waals surface area (Å²) < 4.78 is 10.6. The lowest BCUT2D eigenvalue weighted by Crippen LogP contribution is -2.50. The number of halogens is 2. The van der Waals surface area contributed by atoms with E-state index in [1.165, 1.54) is 30.2 Å². The summed E-state index contributed by atoms with van der Waals surface area (Å²) in [6.45, 7) is 5.08. The molecule has 0 fully saturated rings. The standard InChI is InChI=1S/C23H27Cl2N3O6/c1-5-14(2)26-23(30)15(3)27(12-16-6-7-17(24)10-19(16)25)22(29)13-34-18-8-9-20(28(31)32)21(11-18)33-4/h6-11,14-15H,5,12-13H2,1-4H3,(H,26,30)/t14-,15+/m1/s1. The molecule has 2 atom stereocenters. The van der Waals surface area contributed by atoms with Crippen LogP contribution in [0.5, 0.6) is 11.5 Å². The van der Waals surface area contributed by atoms with Crippen LogP contribution in [-0.2, 0) is 16.1 Å². The van der Waals surface area contributed by atoms with Gasteiger partial charge in [0.15, 0.2) is 6.61 Å². The lowest BCUT2D eigenvalue weighted by atomic mass is 10.1. The lowest BCUT2D eigenvalue weighted by molar-refractivity contribution is -0.385. The van der Waals surface area contributed by atoms with Crippen molar-refractivity contribution in [2.45, 2.75) is 45.8 Å². The number of nitro benzene ring substituents is 1. The topological polar surface area (TPSA) is 111 Å². The number of nitrogens with one attached hydrogen (secondary N) is 1. The third kappa shape index (κ3) is 7.23. The molecule has 0 aliphatic rings. The Hall–Kier alpha value is -3.04. The number of rotatable bonds is 11. The molecule has 0 radical (unpaired) electrons. The second kappa shape index (κ2) is 12.4. The van der Waals surface area contributed by atoms with Crippen LogP contribution in [0.1, 0.15) is 32.8 Å². The highest BCUT2D eigenvalue weighted by atomic mass is 35.5. The number of hydrogen-bond donors (Lipinski definition) is 1. The Morgan fingerprint density at radius 1 is 1.18 bits per heavy atom. The molecule has 0 aromatic heterocycles. The summed E-state index contributed by atoms with van der Waals surface area (Å²) in [7, 11) is 1.30. The van der Waals surface area contributed by atoms with E-state index in [-0.39, 0.29) is 35.7 Å². The van der Waals surface area contributed by atoms with E-state index in [0.29, 0.717) is 15.6 Å². The first kappa shape index (κ1) is 27.2. The third-order valence-electron chi connectivity index (χ3n) is 5.23. The average molecular weight is 512 g/mol. The summed E-state index contributed by atoms with van der Waals surface area (Å²) in [6, 6.07) is 7.94. The van der Waals surface area contributed by atoms with Crippen molar-refractivity contribution >= 4 is 40.7 Å². The van der Waals surface area contributed by atoms with E-state index >= 15 is 0 Å². The Morgan fingerprint density at radius 2 is 1.88 bits per heavy atom. The molecule has 2 amide bonds. The Balaban J connectivity index is 2.24. The number of hydrogen-bond acceptors (Lipinski definition) is 6. The highest BCUT2D eigenvalue weighted by Gasteiger charge is 2.28. The molecular formula is C23H27Cl2N3O6. The monoisotopic (exact) mass is 511 g/mol. The first-order valence-electron chi connectivity index (χ1n) is 10.6. The number of methoxy groups -OCH3 is 1. The van der Waals surface area contributed by atoms with Gasteiger partial charge in [-0.15, -0.1) is 0 Å². The Morgan fingerprint density at radius 3 is 2.47 bits per heavy atom. The molecule has 1 N–H and O–H groups in total. The first-order valence-corrected chi connectivity index (χ1v) is 11.3. The largest absolute Gasteiger partial charge is 0.490 e. The SMILES string of the molecule is CC[C@@H](C)NC(=O)[C@H](C)N(Cc1ccc(Cl)cc1Cl)C(=O)COc1ccc([N+](=O)[O-])c(OC)c1. The molecule has 2 aromatic rings. The minimum Gasteiger partial charge on any atom is -0.490 e. The number of benzene rings is 2. The van der Waals surface area contributed by atoms with Crippen LogP contribution in [0, 0.1) is 10.1 Å². The predicted octanol–water partition coefficient (Wildman–Crippen LogP) is 4.62. The van der Waals surface area contributed by atoms with Crippen LogP contribution in [0.25, 0.3) is 0 Å². The second-order valence-corrected chi connectivity index (χ2v) is 8.47. The number of amides is 2. The number of ether oxygens (including phenoxy) is 2. The van der Waals surface area contributed by atoms with Crippen molar-refractivity contribution in [2.24, 2.45) is 0 Å². The minimum atomic E-state index is -0.816. The molecule has 0 aliphatic carbocycles. The van der Waals surface area contributed by atoms with Gasteiger partial charge in [0.25, 0.3) is 5.91 Å². The summed E-state index contributed by atoms with van der Waals surface area (Å²) >= 11 is 12.3. The smallest absolute Gasteiger partial charge is 0.311 e. The van der Waals surface area contributed by atoms with Gasteiger partial charge in [0.1, 0.15) is 11.8 Å². The van der Waals surface area contributed by atoms with Gasteiger partial charge in [0, 0.05) is 34.8 Å². The fourth-order valence-electron chi connectivity index (χ4n) is 3.01. The molecule has 0 bridgehead atoms. The zero-order chi connectivity index (χ0) is 25.4. The number of carbonyl (C=O) groups excluding carboxylic acids is 2. The van der Waals surface area contributed by atoms with Gasteiger partial charge >= 0.3 is 5.69 Å². The van der Waals surface area contributed by atoms with E-state index in [4.69, 9.17) is 32.7 Å². The highest BCUT2D eigenvalue weighted by Crippen LogP contribution is 2.31. The quantitative estimate of drug-likeness (QED) is 0.348.